The maximum absolute atomic E-state index is 12.1. The first-order valence-electron chi connectivity index (χ1n) is 11.1. The minimum atomic E-state index is -0.438. The van der Waals surface area contributed by atoms with Crippen molar-refractivity contribution >= 4 is 28.7 Å². The first kappa shape index (κ1) is 19.5. The fourth-order valence-electron chi connectivity index (χ4n) is 5.03. The second-order valence-electron chi connectivity index (χ2n) is 8.79. The quantitative estimate of drug-likeness (QED) is 0.803. The van der Waals surface area contributed by atoms with Crippen molar-refractivity contribution in [1.29, 1.82) is 0 Å². The molecule has 1 aromatic heterocycles. The molecule has 3 fully saturated rings. The summed E-state index contributed by atoms with van der Waals surface area (Å²) < 4.78 is 5.56. The normalized spacial score (nSPS) is 22.6. The SMILES string of the molecule is O=C1CCN(c2noc3cc(C4CCN(CC5CCNCC5)CC4)ccc23)C(=O)N1. The molecule has 0 saturated carbocycles. The lowest BCUT2D eigenvalue weighted by Gasteiger charge is -2.35. The van der Waals surface area contributed by atoms with Crippen molar-refractivity contribution in [3.8, 4) is 0 Å². The van der Waals surface area contributed by atoms with Crippen LogP contribution in [-0.2, 0) is 4.79 Å². The van der Waals surface area contributed by atoms with Gasteiger partial charge in [-0.25, -0.2) is 4.79 Å². The van der Waals surface area contributed by atoms with E-state index in [4.69, 9.17) is 4.52 Å². The molecule has 3 aliphatic heterocycles. The summed E-state index contributed by atoms with van der Waals surface area (Å²) in [4.78, 5) is 27.6. The largest absolute Gasteiger partial charge is 0.354 e. The number of amides is 3. The zero-order valence-corrected chi connectivity index (χ0v) is 17.2. The van der Waals surface area contributed by atoms with Crippen molar-refractivity contribution in [2.45, 2.75) is 38.0 Å². The first-order valence-corrected chi connectivity index (χ1v) is 11.1. The monoisotopic (exact) mass is 411 g/mol. The number of anilines is 1. The fraction of sp³-hybridized carbons (Fsp3) is 0.591. The Balaban J connectivity index is 1.24. The average molecular weight is 412 g/mol. The first-order chi connectivity index (χ1) is 14.7. The molecule has 3 saturated heterocycles. The summed E-state index contributed by atoms with van der Waals surface area (Å²) >= 11 is 0. The average Bonchev–Trinajstić information content (AvgIpc) is 3.18. The van der Waals surface area contributed by atoms with Crippen LogP contribution >= 0.6 is 0 Å². The number of likely N-dealkylation sites (tertiary alicyclic amines) is 1. The van der Waals surface area contributed by atoms with E-state index in [1.807, 2.05) is 6.07 Å². The van der Waals surface area contributed by atoms with Crippen molar-refractivity contribution in [3.05, 3.63) is 23.8 Å². The van der Waals surface area contributed by atoms with E-state index in [1.54, 1.807) is 0 Å². The third-order valence-corrected chi connectivity index (χ3v) is 6.82. The molecule has 1 aromatic carbocycles. The van der Waals surface area contributed by atoms with Gasteiger partial charge in [0, 0.05) is 19.5 Å². The van der Waals surface area contributed by atoms with Crippen molar-refractivity contribution < 1.29 is 14.1 Å². The number of piperidine rings is 2. The molecule has 0 unspecified atom stereocenters. The zero-order valence-electron chi connectivity index (χ0n) is 17.2. The highest BCUT2D eigenvalue weighted by atomic mass is 16.5. The van der Waals surface area contributed by atoms with Crippen molar-refractivity contribution in [1.82, 2.24) is 20.7 Å². The predicted octanol–water partition coefficient (Wildman–Crippen LogP) is 2.45. The van der Waals surface area contributed by atoms with Gasteiger partial charge in [-0.3, -0.25) is 15.0 Å². The van der Waals surface area contributed by atoms with Crippen LogP contribution in [0.25, 0.3) is 11.0 Å². The molecule has 4 heterocycles. The third kappa shape index (κ3) is 3.94. The Bertz CT molecular complexity index is 928. The molecule has 5 rings (SSSR count). The van der Waals surface area contributed by atoms with Crippen LogP contribution < -0.4 is 15.5 Å². The van der Waals surface area contributed by atoms with E-state index in [0.717, 1.165) is 50.3 Å². The maximum atomic E-state index is 12.1. The van der Waals surface area contributed by atoms with Crippen LogP contribution in [0.3, 0.4) is 0 Å². The van der Waals surface area contributed by atoms with Crippen molar-refractivity contribution in [2.24, 2.45) is 5.92 Å². The molecule has 30 heavy (non-hydrogen) atoms. The molecular weight excluding hydrogens is 382 g/mol. The lowest BCUT2D eigenvalue weighted by molar-refractivity contribution is -0.120. The number of fused-ring (bicyclic) bond motifs is 1. The highest BCUT2D eigenvalue weighted by molar-refractivity contribution is 6.08. The Kier molecular flexibility index (Phi) is 5.43. The number of urea groups is 1. The van der Waals surface area contributed by atoms with Gasteiger partial charge in [-0.15, -0.1) is 0 Å². The summed E-state index contributed by atoms with van der Waals surface area (Å²) in [6.07, 6.45) is 5.19. The van der Waals surface area contributed by atoms with Crippen LogP contribution in [-0.4, -0.2) is 61.3 Å². The molecule has 0 aliphatic carbocycles. The number of carbonyl (C=O) groups is 2. The van der Waals surface area contributed by atoms with Crippen LogP contribution in [0.1, 0.15) is 43.6 Å². The van der Waals surface area contributed by atoms with Crippen molar-refractivity contribution in [2.75, 3.05) is 44.2 Å². The van der Waals surface area contributed by atoms with E-state index >= 15 is 0 Å². The number of nitrogens with zero attached hydrogens (tertiary/aromatic N) is 3. The highest BCUT2D eigenvalue weighted by Crippen LogP contribution is 2.34. The molecule has 0 spiro atoms. The standard InChI is InChI=1S/C22H29N5O3/c28-20-7-12-27(22(29)24-20)21-18-2-1-17(13-19(18)30-25-21)16-5-10-26(11-6-16)14-15-3-8-23-9-4-15/h1-2,13,15-16,23H,3-12,14H2,(H,24,28,29). The van der Waals surface area contributed by atoms with E-state index in [0.29, 0.717) is 23.9 Å². The van der Waals surface area contributed by atoms with Gasteiger partial charge in [0.25, 0.3) is 0 Å². The number of aromatic nitrogens is 1. The zero-order chi connectivity index (χ0) is 20.5. The van der Waals surface area contributed by atoms with Crippen LogP contribution in [0.15, 0.2) is 22.7 Å². The van der Waals surface area contributed by atoms with Crippen LogP contribution in [0, 0.1) is 5.92 Å². The van der Waals surface area contributed by atoms with Gasteiger partial charge in [0.1, 0.15) is 0 Å². The smallest absolute Gasteiger partial charge is 0.329 e. The Labute approximate surface area is 175 Å². The number of rotatable bonds is 4. The van der Waals surface area contributed by atoms with Crippen molar-refractivity contribution in [3.63, 3.8) is 0 Å². The number of imide groups is 1. The summed E-state index contributed by atoms with van der Waals surface area (Å²) in [5.41, 5.74) is 1.98. The molecule has 3 aliphatic rings. The minimum absolute atomic E-state index is 0.252. The molecule has 8 heteroatoms. The molecule has 0 bridgehead atoms. The number of hydrogen-bond donors (Lipinski definition) is 2. The lowest BCUT2D eigenvalue weighted by Crippen LogP contribution is -2.49. The summed E-state index contributed by atoms with van der Waals surface area (Å²) in [5, 5.41) is 10.7. The number of carbonyl (C=O) groups excluding carboxylic acids is 2. The molecule has 0 atom stereocenters. The van der Waals surface area contributed by atoms with Gasteiger partial charge in [0.15, 0.2) is 11.4 Å². The van der Waals surface area contributed by atoms with E-state index in [-0.39, 0.29) is 12.3 Å². The van der Waals surface area contributed by atoms with Crippen LogP contribution in [0.2, 0.25) is 0 Å². The number of benzene rings is 1. The number of nitrogens with one attached hydrogen (secondary N) is 2. The number of hydrogen-bond acceptors (Lipinski definition) is 6. The van der Waals surface area contributed by atoms with Gasteiger partial charge in [0.2, 0.25) is 5.91 Å². The molecular formula is C22H29N5O3. The summed E-state index contributed by atoms with van der Waals surface area (Å²) in [6, 6.07) is 5.78. The third-order valence-electron chi connectivity index (χ3n) is 6.82. The fourth-order valence-corrected chi connectivity index (χ4v) is 5.03. The topological polar surface area (TPSA) is 90.7 Å². The lowest BCUT2D eigenvalue weighted by atomic mass is 9.88. The summed E-state index contributed by atoms with van der Waals surface area (Å²) in [6.45, 7) is 6.18. The second kappa shape index (κ2) is 8.35. The molecule has 160 valence electrons. The molecule has 8 nitrogen and oxygen atoms in total. The van der Waals surface area contributed by atoms with Crippen LogP contribution in [0.5, 0.6) is 0 Å². The maximum Gasteiger partial charge on any atom is 0.329 e. The highest BCUT2D eigenvalue weighted by Gasteiger charge is 2.29. The Hall–Kier alpha value is -2.45. The minimum Gasteiger partial charge on any atom is -0.354 e. The molecule has 0 radical (unpaired) electrons. The van der Waals surface area contributed by atoms with Gasteiger partial charge < -0.3 is 14.7 Å². The summed E-state index contributed by atoms with van der Waals surface area (Å²) in [5.74, 6) is 1.60. The molecule has 3 amide bonds. The van der Waals surface area contributed by atoms with Gasteiger partial charge in [-0.1, -0.05) is 11.2 Å². The van der Waals surface area contributed by atoms with E-state index in [9.17, 15) is 9.59 Å². The molecule has 2 N–H and O–H groups in total. The van der Waals surface area contributed by atoms with Crippen LogP contribution in [0.4, 0.5) is 10.6 Å². The predicted molar refractivity (Wildman–Crippen MR) is 114 cm³/mol. The van der Waals surface area contributed by atoms with E-state index in [2.05, 4.69) is 32.8 Å². The van der Waals surface area contributed by atoms with Gasteiger partial charge in [0.05, 0.1) is 5.39 Å². The Morgan fingerprint density at radius 3 is 2.63 bits per heavy atom. The summed E-state index contributed by atoms with van der Waals surface area (Å²) in [7, 11) is 0. The van der Waals surface area contributed by atoms with Gasteiger partial charge in [-0.05, 0) is 81.4 Å². The second-order valence-corrected chi connectivity index (χ2v) is 8.79. The Morgan fingerprint density at radius 2 is 1.87 bits per heavy atom. The van der Waals surface area contributed by atoms with Gasteiger partial charge >= 0.3 is 6.03 Å². The van der Waals surface area contributed by atoms with E-state index < -0.39 is 6.03 Å². The molecule has 2 aromatic rings. The Morgan fingerprint density at radius 1 is 1.07 bits per heavy atom. The van der Waals surface area contributed by atoms with E-state index in [1.165, 1.54) is 29.8 Å². The van der Waals surface area contributed by atoms with Gasteiger partial charge in [-0.2, -0.15) is 0 Å².